The molecule has 6 nitrogen and oxygen atoms in total. The van der Waals surface area contributed by atoms with Crippen LogP contribution in [0.1, 0.15) is 22.8 Å². The average molecular weight is 275 g/mol. The molecule has 2 aliphatic rings. The first-order valence-electron chi connectivity index (χ1n) is 6.11. The Bertz CT molecular complexity index is 667. The maximum Gasteiger partial charge on any atom is 0.318 e. The zero-order chi connectivity index (χ0) is 14.7. The van der Waals surface area contributed by atoms with Crippen LogP contribution in [0.25, 0.3) is 0 Å². The van der Waals surface area contributed by atoms with Gasteiger partial charge in [0.2, 0.25) is 11.5 Å². The Morgan fingerprint density at radius 3 is 2.65 bits per heavy atom. The van der Waals surface area contributed by atoms with Crippen LogP contribution in [0.15, 0.2) is 29.3 Å². The van der Waals surface area contributed by atoms with Crippen molar-refractivity contribution in [1.82, 2.24) is 0 Å². The Kier molecular flexibility index (Phi) is 2.42. The summed E-state index contributed by atoms with van der Waals surface area (Å²) in [7, 11) is 1.16. The number of aliphatic hydroxyl groups is 2. The van der Waals surface area contributed by atoms with Crippen molar-refractivity contribution >= 4 is 17.5 Å². The molecule has 1 aliphatic heterocycles. The van der Waals surface area contributed by atoms with E-state index in [1.807, 2.05) is 0 Å². The SMILES string of the molecule is COC(=O)C1C(C)=N[C@@]2(O)c3ccccc3C(=O)[C@]12O. The molecule has 1 aliphatic carbocycles. The maximum absolute atomic E-state index is 12.5. The summed E-state index contributed by atoms with van der Waals surface area (Å²) in [5, 5.41) is 21.5. The number of carbonyl (C=O) groups is 2. The highest BCUT2D eigenvalue weighted by Gasteiger charge is 2.72. The van der Waals surface area contributed by atoms with Gasteiger partial charge in [0.05, 0.1) is 7.11 Å². The molecule has 0 amide bonds. The van der Waals surface area contributed by atoms with E-state index in [4.69, 9.17) is 0 Å². The number of rotatable bonds is 1. The van der Waals surface area contributed by atoms with Gasteiger partial charge in [-0.2, -0.15) is 0 Å². The van der Waals surface area contributed by atoms with E-state index in [1.165, 1.54) is 19.1 Å². The number of hydrogen-bond acceptors (Lipinski definition) is 6. The molecular weight excluding hydrogens is 262 g/mol. The predicted octanol–water partition coefficient (Wildman–Crippen LogP) is 0.0228. The van der Waals surface area contributed by atoms with Crippen molar-refractivity contribution in [3.05, 3.63) is 35.4 Å². The molecule has 2 N–H and O–H groups in total. The fraction of sp³-hybridized carbons (Fsp3) is 0.357. The molecular formula is C14H13NO5. The van der Waals surface area contributed by atoms with Gasteiger partial charge < -0.3 is 14.9 Å². The summed E-state index contributed by atoms with van der Waals surface area (Å²) in [5.74, 6) is -2.82. The van der Waals surface area contributed by atoms with Crippen molar-refractivity contribution < 1.29 is 24.5 Å². The largest absolute Gasteiger partial charge is 0.468 e. The van der Waals surface area contributed by atoms with E-state index in [2.05, 4.69) is 9.73 Å². The van der Waals surface area contributed by atoms with E-state index >= 15 is 0 Å². The molecule has 6 heteroatoms. The van der Waals surface area contributed by atoms with Gasteiger partial charge in [0, 0.05) is 16.8 Å². The number of benzene rings is 1. The Labute approximate surface area is 114 Å². The minimum atomic E-state index is -2.34. The number of ketones is 1. The van der Waals surface area contributed by atoms with Crippen molar-refractivity contribution in [2.45, 2.75) is 18.2 Å². The fourth-order valence-corrected chi connectivity index (χ4v) is 3.11. The molecule has 3 rings (SSSR count). The number of carbonyl (C=O) groups excluding carboxylic acids is 2. The van der Waals surface area contributed by atoms with Crippen LogP contribution in [-0.2, 0) is 15.3 Å². The number of nitrogens with zero attached hydrogens (tertiary/aromatic N) is 1. The van der Waals surface area contributed by atoms with Gasteiger partial charge in [-0.25, -0.2) is 0 Å². The lowest BCUT2D eigenvalue weighted by Gasteiger charge is -2.31. The van der Waals surface area contributed by atoms with Gasteiger partial charge in [-0.3, -0.25) is 14.6 Å². The van der Waals surface area contributed by atoms with E-state index in [1.54, 1.807) is 12.1 Å². The van der Waals surface area contributed by atoms with Crippen LogP contribution in [-0.4, -0.2) is 40.4 Å². The molecule has 1 heterocycles. The fourth-order valence-electron chi connectivity index (χ4n) is 3.11. The van der Waals surface area contributed by atoms with E-state index in [0.717, 1.165) is 7.11 Å². The molecule has 1 unspecified atom stereocenters. The summed E-state index contributed by atoms with van der Waals surface area (Å²) in [6, 6.07) is 6.26. The Morgan fingerprint density at radius 1 is 1.35 bits per heavy atom. The molecule has 0 spiro atoms. The quantitative estimate of drug-likeness (QED) is 0.704. The van der Waals surface area contributed by atoms with Crippen molar-refractivity contribution in [3.8, 4) is 0 Å². The van der Waals surface area contributed by atoms with Crippen LogP contribution >= 0.6 is 0 Å². The van der Waals surface area contributed by atoms with Gasteiger partial charge in [-0.05, 0) is 6.92 Å². The van der Waals surface area contributed by atoms with E-state index in [-0.39, 0.29) is 16.8 Å². The van der Waals surface area contributed by atoms with Gasteiger partial charge >= 0.3 is 5.97 Å². The summed E-state index contributed by atoms with van der Waals surface area (Å²) in [4.78, 5) is 28.4. The van der Waals surface area contributed by atoms with Gasteiger partial charge in [0.1, 0.15) is 5.92 Å². The van der Waals surface area contributed by atoms with Crippen LogP contribution < -0.4 is 0 Å². The lowest BCUT2D eigenvalue weighted by molar-refractivity contribution is -0.162. The first-order chi connectivity index (χ1) is 9.38. The molecule has 0 saturated carbocycles. The standard InChI is InChI=1S/C14H13NO5/c1-7-10(12(17)20-2)13(18)11(16)8-5-3-4-6-9(8)14(13,19)15-7/h3-6,10,18-19H,1-2H3/t10?,13-,14-/m1/s1. The second-order valence-corrected chi connectivity index (χ2v) is 5.02. The van der Waals surface area contributed by atoms with Crippen LogP contribution in [0.3, 0.4) is 0 Å². The van der Waals surface area contributed by atoms with E-state index in [0.29, 0.717) is 0 Å². The smallest absolute Gasteiger partial charge is 0.318 e. The summed E-state index contributed by atoms with van der Waals surface area (Å²) in [6.07, 6.45) is 0. The maximum atomic E-state index is 12.5. The summed E-state index contributed by atoms with van der Waals surface area (Å²) in [5.41, 5.74) is -3.93. The number of hydrogen-bond donors (Lipinski definition) is 2. The van der Waals surface area contributed by atoms with Gasteiger partial charge in [0.25, 0.3) is 0 Å². The lowest BCUT2D eigenvalue weighted by Crippen LogP contribution is -2.56. The number of fused-ring (bicyclic) bond motifs is 3. The number of methoxy groups -OCH3 is 1. The Hall–Kier alpha value is -2.05. The molecule has 104 valence electrons. The van der Waals surface area contributed by atoms with Crippen LogP contribution in [0.5, 0.6) is 0 Å². The highest BCUT2D eigenvalue weighted by atomic mass is 16.5. The van der Waals surface area contributed by atoms with Crippen LogP contribution in [0.2, 0.25) is 0 Å². The normalized spacial score (nSPS) is 34.5. The molecule has 1 aromatic rings. The van der Waals surface area contributed by atoms with E-state index < -0.39 is 29.0 Å². The average Bonchev–Trinajstić information content (AvgIpc) is 2.74. The highest BCUT2D eigenvalue weighted by molar-refractivity contribution is 6.18. The summed E-state index contributed by atoms with van der Waals surface area (Å²) < 4.78 is 4.63. The first-order valence-corrected chi connectivity index (χ1v) is 6.11. The Morgan fingerprint density at radius 2 is 2.00 bits per heavy atom. The van der Waals surface area contributed by atoms with Gasteiger partial charge in [0.15, 0.2) is 5.60 Å². The summed E-state index contributed by atoms with van der Waals surface area (Å²) >= 11 is 0. The molecule has 1 aromatic carbocycles. The minimum absolute atomic E-state index is 0.169. The third-order valence-electron chi connectivity index (χ3n) is 4.04. The molecule has 20 heavy (non-hydrogen) atoms. The number of aliphatic imine (C=N–C) groups is 1. The third-order valence-corrected chi connectivity index (χ3v) is 4.04. The highest BCUT2D eigenvalue weighted by Crippen LogP contribution is 2.53. The first kappa shape index (κ1) is 13.0. The number of Topliss-reactive ketones (excluding diaryl/α,β-unsaturated/α-hetero) is 1. The van der Waals surface area contributed by atoms with E-state index in [9.17, 15) is 19.8 Å². The van der Waals surface area contributed by atoms with Crippen LogP contribution in [0.4, 0.5) is 0 Å². The molecule has 0 bridgehead atoms. The molecule has 0 radical (unpaired) electrons. The molecule has 0 aromatic heterocycles. The van der Waals surface area contributed by atoms with Gasteiger partial charge in [-0.15, -0.1) is 0 Å². The van der Waals surface area contributed by atoms with Crippen molar-refractivity contribution in [2.24, 2.45) is 10.9 Å². The Balaban J connectivity index is 2.28. The predicted molar refractivity (Wildman–Crippen MR) is 68.2 cm³/mol. The zero-order valence-electron chi connectivity index (χ0n) is 11.0. The summed E-state index contributed by atoms with van der Waals surface area (Å²) in [6.45, 7) is 1.48. The second kappa shape index (κ2) is 3.74. The number of ether oxygens (including phenoxy) is 1. The topological polar surface area (TPSA) is 96.2 Å². The lowest BCUT2D eigenvalue weighted by atomic mass is 9.79. The van der Waals surface area contributed by atoms with Crippen molar-refractivity contribution in [3.63, 3.8) is 0 Å². The second-order valence-electron chi connectivity index (χ2n) is 5.02. The van der Waals surface area contributed by atoms with Crippen molar-refractivity contribution in [2.75, 3.05) is 7.11 Å². The minimum Gasteiger partial charge on any atom is -0.468 e. The number of esters is 1. The molecule has 0 saturated heterocycles. The van der Waals surface area contributed by atoms with Gasteiger partial charge in [-0.1, -0.05) is 24.3 Å². The van der Waals surface area contributed by atoms with Crippen molar-refractivity contribution in [1.29, 1.82) is 0 Å². The molecule has 3 atom stereocenters. The zero-order valence-corrected chi connectivity index (χ0v) is 11.0. The third kappa shape index (κ3) is 1.18. The monoisotopic (exact) mass is 275 g/mol. The molecule has 0 fully saturated rings. The van der Waals surface area contributed by atoms with Crippen LogP contribution in [0, 0.1) is 5.92 Å².